The van der Waals surface area contributed by atoms with Gasteiger partial charge in [0.2, 0.25) is 11.8 Å². The molecule has 2 unspecified atom stereocenters. The number of ether oxygens (including phenoxy) is 2. The number of piperidine rings is 1. The molecule has 44 heavy (non-hydrogen) atoms. The topological polar surface area (TPSA) is 93.7 Å². The maximum atomic E-state index is 14.4. The number of amides is 2. The SMILES string of the molecule is CCOC(=O)C1CCCC(Oc2ccc(I)cc2[C@H]2NC(=O)C[C@@H](c3cccc(Cl)c3)[C@]23C(=O)Nc2cc(Cl)ccc23)CC1. The summed E-state index contributed by atoms with van der Waals surface area (Å²) < 4.78 is 13.0. The van der Waals surface area contributed by atoms with Gasteiger partial charge < -0.3 is 20.1 Å². The highest BCUT2D eigenvalue weighted by molar-refractivity contribution is 14.1. The molecule has 2 N–H and O–H groups in total. The zero-order chi connectivity index (χ0) is 31.0. The Hall–Kier alpha value is -2.82. The molecule has 1 aliphatic carbocycles. The van der Waals surface area contributed by atoms with Gasteiger partial charge in [-0.1, -0.05) is 41.4 Å². The second kappa shape index (κ2) is 12.9. The Bertz CT molecular complexity index is 1620. The normalized spacial score (nSPS) is 26.4. The minimum absolute atomic E-state index is 0.102. The minimum atomic E-state index is -1.21. The van der Waals surface area contributed by atoms with E-state index in [4.69, 9.17) is 32.7 Å². The first-order chi connectivity index (χ1) is 21.2. The number of carbonyl (C=O) groups is 3. The third kappa shape index (κ3) is 5.81. The molecule has 0 radical (unpaired) electrons. The van der Waals surface area contributed by atoms with Crippen molar-refractivity contribution in [3.05, 3.63) is 91.0 Å². The summed E-state index contributed by atoms with van der Waals surface area (Å²) in [6.45, 7) is 2.19. The molecule has 0 aromatic heterocycles. The van der Waals surface area contributed by atoms with Crippen LogP contribution in [0, 0.1) is 9.49 Å². The molecule has 230 valence electrons. The Morgan fingerprint density at radius 3 is 2.61 bits per heavy atom. The second-order valence-electron chi connectivity index (χ2n) is 11.7. The van der Waals surface area contributed by atoms with Gasteiger partial charge in [-0.05, 0) is 115 Å². The highest BCUT2D eigenvalue weighted by Crippen LogP contribution is 2.58. The van der Waals surface area contributed by atoms with Crippen molar-refractivity contribution in [1.82, 2.24) is 5.32 Å². The van der Waals surface area contributed by atoms with E-state index in [2.05, 4.69) is 33.2 Å². The lowest BCUT2D eigenvalue weighted by molar-refractivity contribution is -0.148. The largest absolute Gasteiger partial charge is 0.490 e. The van der Waals surface area contributed by atoms with Gasteiger partial charge in [-0.25, -0.2) is 0 Å². The van der Waals surface area contributed by atoms with Crippen LogP contribution in [-0.2, 0) is 24.5 Å². The Morgan fingerprint density at radius 2 is 1.82 bits per heavy atom. The summed E-state index contributed by atoms with van der Waals surface area (Å²) in [5, 5.41) is 7.33. The molecule has 1 saturated heterocycles. The number of carbonyl (C=O) groups excluding carboxylic acids is 3. The molecule has 1 spiro atoms. The fourth-order valence-electron chi connectivity index (χ4n) is 7.18. The fourth-order valence-corrected chi connectivity index (χ4v) is 8.07. The van der Waals surface area contributed by atoms with E-state index in [9.17, 15) is 14.4 Å². The van der Waals surface area contributed by atoms with Gasteiger partial charge in [0.25, 0.3) is 0 Å². The summed E-state index contributed by atoms with van der Waals surface area (Å²) in [5.41, 5.74) is 1.70. The minimum Gasteiger partial charge on any atom is -0.490 e. The fraction of sp³-hybridized carbons (Fsp3) is 0.382. The maximum absolute atomic E-state index is 14.4. The van der Waals surface area contributed by atoms with Gasteiger partial charge >= 0.3 is 5.97 Å². The molecule has 0 bridgehead atoms. The first-order valence-corrected chi connectivity index (χ1v) is 16.8. The molecule has 3 aromatic carbocycles. The molecule has 2 heterocycles. The number of esters is 1. The molecular formula is C34H33Cl2IN2O5. The second-order valence-corrected chi connectivity index (χ2v) is 13.8. The molecule has 2 fully saturated rings. The first-order valence-electron chi connectivity index (χ1n) is 15.0. The number of fused-ring (bicyclic) bond motifs is 2. The van der Waals surface area contributed by atoms with Gasteiger partial charge in [0.05, 0.1) is 24.7 Å². The van der Waals surface area contributed by atoms with Gasteiger partial charge in [-0.15, -0.1) is 0 Å². The molecule has 1 saturated carbocycles. The molecule has 2 amide bonds. The van der Waals surface area contributed by atoms with Crippen molar-refractivity contribution < 1.29 is 23.9 Å². The number of anilines is 1. The van der Waals surface area contributed by atoms with E-state index in [1.54, 1.807) is 18.2 Å². The molecule has 3 aromatic rings. The van der Waals surface area contributed by atoms with Gasteiger partial charge in [-0.2, -0.15) is 0 Å². The Balaban J connectivity index is 1.45. The van der Waals surface area contributed by atoms with Crippen molar-refractivity contribution >= 4 is 69.3 Å². The van der Waals surface area contributed by atoms with Gasteiger partial charge in [0.1, 0.15) is 11.2 Å². The molecule has 2 aliphatic heterocycles. The van der Waals surface area contributed by atoms with Crippen LogP contribution < -0.4 is 15.4 Å². The lowest BCUT2D eigenvalue weighted by Crippen LogP contribution is -2.57. The third-order valence-corrected chi connectivity index (χ3v) is 10.3. The Kier molecular flexibility index (Phi) is 9.13. The summed E-state index contributed by atoms with van der Waals surface area (Å²) in [6.07, 6.45) is 3.74. The van der Waals surface area contributed by atoms with E-state index >= 15 is 0 Å². The van der Waals surface area contributed by atoms with Crippen LogP contribution in [0.5, 0.6) is 5.75 Å². The van der Waals surface area contributed by atoms with E-state index in [0.29, 0.717) is 40.9 Å². The zero-order valence-electron chi connectivity index (χ0n) is 24.2. The van der Waals surface area contributed by atoms with Crippen LogP contribution in [0.2, 0.25) is 10.0 Å². The summed E-state index contributed by atoms with van der Waals surface area (Å²) in [6, 6.07) is 17.9. The average molecular weight is 747 g/mol. The average Bonchev–Trinajstić information content (AvgIpc) is 3.11. The standard InChI is InChI=1S/C34H33Cl2IN2O5/c1-2-43-32(41)19-5-4-8-24(12-9-19)44-29-14-11-23(37)17-25(29)31-34(26-13-10-22(36)16-28(26)38-33(34)42)27(18-30(40)39-31)20-6-3-7-21(35)15-20/h3,6-7,10-11,13-17,19,24,27,31H,2,4-5,8-9,12,18H2,1H3,(H,38,42)(H,39,40)/t19?,24?,27-,31+,34-/m0/s1. The number of hydrogen-bond donors (Lipinski definition) is 2. The number of benzene rings is 3. The summed E-state index contributed by atoms with van der Waals surface area (Å²) in [4.78, 5) is 40.4. The predicted octanol–water partition coefficient (Wildman–Crippen LogP) is 7.72. The van der Waals surface area contributed by atoms with Crippen molar-refractivity contribution in [2.45, 2.75) is 68.9 Å². The Morgan fingerprint density at radius 1 is 1.00 bits per heavy atom. The molecule has 6 rings (SSSR count). The van der Waals surface area contributed by atoms with E-state index in [1.807, 2.05) is 49.4 Å². The van der Waals surface area contributed by atoms with Gasteiger partial charge in [-0.3, -0.25) is 14.4 Å². The van der Waals surface area contributed by atoms with Crippen LogP contribution in [0.3, 0.4) is 0 Å². The van der Waals surface area contributed by atoms with Gasteiger partial charge in [0.15, 0.2) is 0 Å². The third-order valence-electron chi connectivity index (χ3n) is 9.11. The van der Waals surface area contributed by atoms with Crippen LogP contribution >= 0.6 is 45.8 Å². The van der Waals surface area contributed by atoms with Crippen molar-refractivity contribution in [1.29, 1.82) is 0 Å². The molecule has 3 aliphatic rings. The molecule has 7 nitrogen and oxygen atoms in total. The number of hydrogen-bond acceptors (Lipinski definition) is 5. The lowest BCUT2D eigenvalue weighted by Gasteiger charge is -2.46. The van der Waals surface area contributed by atoms with Crippen LogP contribution in [0.15, 0.2) is 60.7 Å². The van der Waals surface area contributed by atoms with Crippen LogP contribution in [0.1, 0.15) is 74.1 Å². The quantitative estimate of drug-likeness (QED) is 0.153. The van der Waals surface area contributed by atoms with E-state index in [1.165, 1.54) is 0 Å². The van der Waals surface area contributed by atoms with Crippen molar-refractivity contribution in [2.75, 3.05) is 11.9 Å². The molecule has 5 atom stereocenters. The number of halogens is 3. The van der Waals surface area contributed by atoms with Crippen LogP contribution in [0.25, 0.3) is 0 Å². The highest BCUT2D eigenvalue weighted by Gasteiger charge is 2.61. The molecule has 10 heteroatoms. The number of rotatable bonds is 6. The summed E-state index contributed by atoms with van der Waals surface area (Å²) >= 11 is 15.1. The smallest absolute Gasteiger partial charge is 0.308 e. The summed E-state index contributed by atoms with van der Waals surface area (Å²) in [5.74, 6) is -0.579. The van der Waals surface area contributed by atoms with E-state index < -0.39 is 17.4 Å². The van der Waals surface area contributed by atoms with Crippen molar-refractivity contribution in [2.24, 2.45) is 5.92 Å². The van der Waals surface area contributed by atoms with Crippen LogP contribution in [-0.4, -0.2) is 30.5 Å². The van der Waals surface area contributed by atoms with Crippen LogP contribution in [0.4, 0.5) is 5.69 Å². The first kappa shape index (κ1) is 31.2. The van der Waals surface area contributed by atoms with E-state index in [-0.39, 0.29) is 36.2 Å². The van der Waals surface area contributed by atoms with Crippen molar-refractivity contribution in [3.63, 3.8) is 0 Å². The summed E-state index contributed by atoms with van der Waals surface area (Å²) in [7, 11) is 0. The monoisotopic (exact) mass is 746 g/mol. The zero-order valence-corrected chi connectivity index (χ0v) is 27.9. The predicted molar refractivity (Wildman–Crippen MR) is 178 cm³/mol. The highest BCUT2D eigenvalue weighted by atomic mass is 127. The maximum Gasteiger partial charge on any atom is 0.308 e. The Labute approximate surface area is 280 Å². The van der Waals surface area contributed by atoms with Gasteiger partial charge in [0, 0.05) is 37.2 Å². The molecular weight excluding hydrogens is 714 g/mol. The lowest BCUT2D eigenvalue weighted by atomic mass is 9.59. The van der Waals surface area contributed by atoms with E-state index in [0.717, 1.165) is 39.5 Å². The number of nitrogens with one attached hydrogen (secondary N) is 2. The van der Waals surface area contributed by atoms with Crippen molar-refractivity contribution in [3.8, 4) is 5.75 Å².